The average molecular weight is 630 g/mol. The Kier molecular flexibility index (Phi) is 10.2. The van der Waals surface area contributed by atoms with Gasteiger partial charge in [0, 0.05) is 58.9 Å². The van der Waals surface area contributed by atoms with Crippen LogP contribution in [0.5, 0.6) is 0 Å². The smallest absolute Gasteiger partial charge is 0.355 e. The van der Waals surface area contributed by atoms with Gasteiger partial charge in [0.1, 0.15) is 17.2 Å². The number of halogens is 2. The van der Waals surface area contributed by atoms with Crippen LogP contribution in [0.3, 0.4) is 0 Å². The van der Waals surface area contributed by atoms with Gasteiger partial charge in [-0.25, -0.2) is 13.5 Å². The molecule has 1 N–H and O–H groups in total. The van der Waals surface area contributed by atoms with Crippen LogP contribution in [0.25, 0.3) is 22.2 Å². The molecular weight excluding hydrogens is 595 g/mol. The van der Waals surface area contributed by atoms with Gasteiger partial charge >= 0.3 is 5.97 Å². The third kappa shape index (κ3) is 8.07. The molecule has 2 aromatic heterocycles. The van der Waals surface area contributed by atoms with E-state index in [-0.39, 0.29) is 18.2 Å². The number of benzene rings is 2. The van der Waals surface area contributed by atoms with Crippen LogP contribution in [0.1, 0.15) is 42.7 Å². The molecule has 1 unspecified atom stereocenters. The Morgan fingerprint density at radius 1 is 1.23 bits per heavy atom. The predicted octanol–water partition coefficient (Wildman–Crippen LogP) is 5.04. The number of nitrogens with zero attached hydrogens (tertiary/aromatic N) is 5. The monoisotopic (exact) mass is 629 g/mol. The van der Waals surface area contributed by atoms with E-state index in [1.807, 2.05) is 26.0 Å². The van der Waals surface area contributed by atoms with Crippen molar-refractivity contribution < 1.29 is 22.7 Å². The molecule has 5 rings (SSSR count). The molecule has 1 saturated heterocycles. The first-order chi connectivity index (χ1) is 20.7. The van der Waals surface area contributed by atoms with E-state index in [2.05, 4.69) is 20.2 Å². The molecule has 0 spiro atoms. The standard InChI is InChI=1S/C30H36ClFN6O4S/c1-20(2)19-42-30(39)29-28(25-15-24(32)7-8-26(25)33-29)27-18-37(35-34-27)16-22-9-11-36(12-10-22)13-14-38(43(40)41)17-21-3-5-23(31)6-4-21/h3-8,15,18,20,22,33H,9-14,16-17,19H2,1-2H3,(H,40,41)/p-1. The van der Waals surface area contributed by atoms with Crippen LogP contribution < -0.4 is 0 Å². The largest absolute Gasteiger partial charge is 0.760 e. The molecule has 43 heavy (non-hydrogen) atoms. The molecule has 0 aliphatic carbocycles. The van der Waals surface area contributed by atoms with E-state index in [4.69, 9.17) is 16.3 Å². The first-order valence-electron chi connectivity index (χ1n) is 14.4. The summed E-state index contributed by atoms with van der Waals surface area (Å²) in [7, 11) is 0. The zero-order valence-electron chi connectivity index (χ0n) is 24.2. The third-order valence-electron chi connectivity index (χ3n) is 7.61. The summed E-state index contributed by atoms with van der Waals surface area (Å²) < 4.78 is 46.5. The van der Waals surface area contributed by atoms with Crippen molar-refractivity contribution in [3.63, 3.8) is 0 Å². The van der Waals surface area contributed by atoms with Crippen molar-refractivity contribution in [3.8, 4) is 11.3 Å². The SMILES string of the molecule is CC(C)COC(=O)c1[nH]c2ccc(F)cc2c1-c1cn(CC2CCN(CCN(Cc3ccc(Cl)cc3)S(=O)[O-])CC2)nn1. The lowest BCUT2D eigenvalue weighted by Gasteiger charge is -2.33. The summed E-state index contributed by atoms with van der Waals surface area (Å²) in [6, 6.07) is 11.5. The maximum atomic E-state index is 14.2. The van der Waals surface area contributed by atoms with E-state index in [0.717, 1.165) is 31.5 Å². The quantitative estimate of drug-likeness (QED) is 0.172. The fourth-order valence-electron chi connectivity index (χ4n) is 5.31. The van der Waals surface area contributed by atoms with Crippen molar-refractivity contribution in [3.05, 3.63) is 70.8 Å². The lowest BCUT2D eigenvalue weighted by Crippen LogP contribution is -2.40. The highest BCUT2D eigenvalue weighted by Crippen LogP contribution is 2.32. The molecular formula is C30H35ClFN6O4S-. The number of hydrogen-bond acceptors (Lipinski definition) is 7. The summed E-state index contributed by atoms with van der Waals surface area (Å²) in [5.41, 5.74) is 2.67. The van der Waals surface area contributed by atoms with Crippen molar-refractivity contribution in [2.75, 3.05) is 32.8 Å². The molecule has 1 fully saturated rings. The van der Waals surface area contributed by atoms with Gasteiger partial charge in [-0.3, -0.25) is 8.89 Å². The second-order valence-electron chi connectivity index (χ2n) is 11.4. The summed E-state index contributed by atoms with van der Waals surface area (Å²) in [5.74, 6) is -0.399. The summed E-state index contributed by atoms with van der Waals surface area (Å²) in [6.07, 6.45) is 3.65. The zero-order chi connectivity index (χ0) is 30.5. The molecule has 3 heterocycles. The maximum absolute atomic E-state index is 14.2. The number of aromatic nitrogens is 4. The Labute approximate surface area is 257 Å². The molecule has 230 valence electrons. The van der Waals surface area contributed by atoms with Crippen LogP contribution in [-0.4, -0.2) is 76.7 Å². The minimum Gasteiger partial charge on any atom is -0.760 e. The van der Waals surface area contributed by atoms with Crippen molar-refractivity contribution >= 4 is 39.7 Å². The molecule has 4 aromatic rings. The van der Waals surface area contributed by atoms with Gasteiger partial charge in [-0.15, -0.1) is 5.10 Å². The van der Waals surface area contributed by atoms with Gasteiger partial charge in [-0.2, -0.15) is 0 Å². The van der Waals surface area contributed by atoms with Gasteiger partial charge in [-0.1, -0.05) is 42.8 Å². The zero-order valence-corrected chi connectivity index (χ0v) is 25.7. The molecule has 0 saturated carbocycles. The van der Waals surface area contributed by atoms with E-state index in [9.17, 15) is 17.9 Å². The Balaban J connectivity index is 1.19. The minimum absolute atomic E-state index is 0.172. The van der Waals surface area contributed by atoms with Crippen LogP contribution in [0, 0.1) is 17.7 Å². The molecule has 10 nitrogen and oxygen atoms in total. The lowest BCUT2D eigenvalue weighted by atomic mass is 9.97. The van der Waals surface area contributed by atoms with E-state index >= 15 is 0 Å². The molecule has 0 bridgehead atoms. The number of rotatable bonds is 12. The number of ether oxygens (including phenoxy) is 1. The Morgan fingerprint density at radius 3 is 2.67 bits per heavy atom. The van der Waals surface area contributed by atoms with Gasteiger partial charge in [0.05, 0.1) is 12.8 Å². The number of hydrogen-bond donors (Lipinski definition) is 1. The van der Waals surface area contributed by atoms with E-state index in [1.165, 1.54) is 16.4 Å². The highest BCUT2D eigenvalue weighted by molar-refractivity contribution is 7.76. The Bertz CT molecular complexity index is 1570. The Hall–Kier alpha value is -3.16. The summed E-state index contributed by atoms with van der Waals surface area (Å²) in [5, 5.41) is 9.82. The average Bonchev–Trinajstić information content (AvgIpc) is 3.59. The molecule has 0 amide bonds. The number of fused-ring (bicyclic) bond motifs is 1. The van der Waals surface area contributed by atoms with Crippen LogP contribution >= 0.6 is 11.6 Å². The predicted molar refractivity (Wildman–Crippen MR) is 162 cm³/mol. The molecule has 1 aliphatic heterocycles. The number of likely N-dealkylation sites (tertiary alicyclic amines) is 1. The second kappa shape index (κ2) is 14.1. The first-order valence-corrected chi connectivity index (χ1v) is 15.8. The van der Waals surface area contributed by atoms with Gasteiger partial charge in [0.25, 0.3) is 0 Å². The maximum Gasteiger partial charge on any atom is 0.355 e. The lowest BCUT2D eigenvalue weighted by molar-refractivity contribution is 0.0454. The van der Waals surface area contributed by atoms with Crippen molar-refractivity contribution in [2.45, 2.75) is 39.8 Å². The highest BCUT2D eigenvalue weighted by atomic mass is 35.5. The Morgan fingerprint density at radius 2 is 1.98 bits per heavy atom. The van der Waals surface area contributed by atoms with Gasteiger partial charge < -0.3 is 19.2 Å². The number of aromatic amines is 1. The molecule has 1 atom stereocenters. The normalized spacial score (nSPS) is 15.5. The van der Waals surface area contributed by atoms with Crippen LogP contribution in [0.4, 0.5) is 4.39 Å². The van der Waals surface area contributed by atoms with Crippen LogP contribution in [-0.2, 0) is 29.1 Å². The molecule has 1 aliphatic rings. The van der Waals surface area contributed by atoms with E-state index in [0.29, 0.717) is 59.3 Å². The number of nitrogens with one attached hydrogen (secondary N) is 1. The summed E-state index contributed by atoms with van der Waals surface area (Å²) >= 11 is 3.62. The van der Waals surface area contributed by atoms with Gasteiger partial charge in [-0.05, 0) is 73.7 Å². The molecule has 2 aromatic carbocycles. The highest BCUT2D eigenvalue weighted by Gasteiger charge is 2.25. The van der Waals surface area contributed by atoms with Crippen LogP contribution in [0.2, 0.25) is 5.02 Å². The van der Waals surface area contributed by atoms with Gasteiger partial charge in [0.15, 0.2) is 0 Å². The number of carbonyl (C=O) groups is 1. The number of piperidine rings is 1. The number of esters is 1. The fourth-order valence-corrected chi connectivity index (χ4v) is 5.92. The molecule has 13 heteroatoms. The van der Waals surface area contributed by atoms with Crippen molar-refractivity contribution in [2.24, 2.45) is 11.8 Å². The van der Waals surface area contributed by atoms with Crippen molar-refractivity contribution in [1.82, 2.24) is 29.2 Å². The molecule has 0 radical (unpaired) electrons. The second-order valence-corrected chi connectivity index (χ2v) is 12.8. The van der Waals surface area contributed by atoms with E-state index < -0.39 is 23.1 Å². The fraction of sp³-hybridized carbons (Fsp3) is 0.433. The van der Waals surface area contributed by atoms with Crippen molar-refractivity contribution in [1.29, 1.82) is 0 Å². The number of H-pyrrole nitrogens is 1. The van der Waals surface area contributed by atoms with Crippen LogP contribution in [0.15, 0.2) is 48.7 Å². The van der Waals surface area contributed by atoms with E-state index in [1.54, 1.807) is 29.1 Å². The summed E-state index contributed by atoms with van der Waals surface area (Å²) in [4.78, 5) is 18.3. The van der Waals surface area contributed by atoms with Gasteiger partial charge in [0.2, 0.25) is 0 Å². The third-order valence-corrected chi connectivity index (χ3v) is 8.59. The number of carbonyl (C=O) groups excluding carboxylic acids is 1. The first kappa shape index (κ1) is 31.3. The summed E-state index contributed by atoms with van der Waals surface area (Å²) in [6.45, 7) is 7.88. The minimum atomic E-state index is -2.32. The topological polar surface area (TPSA) is 119 Å².